The van der Waals surface area contributed by atoms with E-state index in [1.807, 2.05) is 12.1 Å². The van der Waals surface area contributed by atoms with Crippen LogP contribution in [0.3, 0.4) is 0 Å². The van der Waals surface area contributed by atoms with Gasteiger partial charge in [0.25, 0.3) is 0 Å². The molecule has 0 aliphatic carbocycles. The lowest BCUT2D eigenvalue weighted by Crippen LogP contribution is -2.18. The standard InChI is InChI=1S/C16H19NOS/c1-12-3-5-13(6-4-12)16(11-17)18-14-7-9-15(19-2)10-8-14/h3-10,16H,11,17H2,1-2H3. The monoisotopic (exact) mass is 273 g/mol. The third-order valence-electron chi connectivity index (χ3n) is 3.00. The zero-order valence-electron chi connectivity index (χ0n) is 11.3. The molecule has 2 rings (SSSR count). The minimum Gasteiger partial charge on any atom is -0.484 e. The van der Waals surface area contributed by atoms with Crippen molar-refractivity contribution >= 4 is 11.8 Å². The number of benzene rings is 2. The Kier molecular flexibility index (Phi) is 4.88. The molecule has 0 saturated heterocycles. The van der Waals surface area contributed by atoms with Crippen LogP contribution in [-0.2, 0) is 0 Å². The first-order valence-corrected chi connectivity index (χ1v) is 7.52. The predicted octanol–water partition coefficient (Wildman–Crippen LogP) is 3.80. The van der Waals surface area contributed by atoms with E-state index < -0.39 is 0 Å². The van der Waals surface area contributed by atoms with Crippen molar-refractivity contribution in [2.24, 2.45) is 5.73 Å². The molecule has 3 heteroatoms. The lowest BCUT2D eigenvalue weighted by Gasteiger charge is -2.18. The molecule has 1 unspecified atom stereocenters. The van der Waals surface area contributed by atoms with E-state index in [4.69, 9.17) is 10.5 Å². The Morgan fingerprint density at radius 1 is 1.05 bits per heavy atom. The van der Waals surface area contributed by atoms with Crippen LogP contribution in [0.25, 0.3) is 0 Å². The maximum Gasteiger partial charge on any atom is 0.136 e. The highest BCUT2D eigenvalue weighted by molar-refractivity contribution is 7.98. The molecule has 0 aromatic heterocycles. The van der Waals surface area contributed by atoms with Crippen LogP contribution in [0.15, 0.2) is 53.4 Å². The normalized spacial score (nSPS) is 12.2. The minimum absolute atomic E-state index is 0.0965. The van der Waals surface area contributed by atoms with Crippen LogP contribution < -0.4 is 10.5 Å². The molecule has 0 bridgehead atoms. The van der Waals surface area contributed by atoms with Crippen LogP contribution in [0.5, 0.6) is 5.75 Å². The van der Waals surface area contributed by atoms with E-state index in [1.165, 1.54) is 10.5 Å². The second-order valence-corrected chi connectivity index (χ2v) is 5.31. The maximum absolute atomic E-state index is 5.95. The molecule has 2 aromatic carbocycles. The van der Waals surface area contributed by atoms with Crippen molar-refractivity contribution < 1.29 is 4.74 Å². The smallest absolute Gasteiger partial charge is 0.136 e. The Bertz CT molecular complexity index is 507. The van der Waals surface area contributed by atoms with Crippen molar-refractivity contribution in [2.75, 3.05) is 12.8 Å². The summed E-state index contributed by atoms with van der Waals surface area (Å²) in [6.07, 6.45) is 1.96. The number of aryl methyl sites for hydroxylation is 1. The van der Waals surface area contributed by atoms with Crippen molar-refractivity contribution in [1.82, 2.24) is 0 Å². The van der Waals surface area contributed by atoms with E-state index in [-0.39, 0.29) is 6.10 Å². The van der Waals surface area contributed by atoms with Gasteiger partial charge >= 0.3 is 0 Å². The molecule has 2 nitrogen and oxygen atoms in total. The van der Waals surface area contributed by atoms with E-state index in [1.54, 1.807) is 11.8 Å². The average molecular weight is 273 g/mol. The number of ether oxygens (including phenoxy) is 1. The molecule has 0 aliphatic rings. The summed E-state index contributed by atoms with van der Waals surface area (Å²) in [6.45, 7) is 2.54. The van der Waals surface area contributed by atoms with Gasteiger partial charge in [0.15, 0.2) is 0 Å². The quantitative estimate of drug-likeness (QED) is 0.842. The van der Waals surface area contributed by atoms with Crippen LogP contribution in [0.1, 0.15) is 17.2 Å². The van der Waals surface area contributed by atoms with Crippen LogP contribution in [-0.4, -0.2) is 12.8 Å². The van der Waals surface area contributed by atoms with E-state index in [2.05, 4.69) is 49.6 Å². The average Bonchev–Trinajstić information content (AvgIpc) is 2.46. The highest BCUT2D eigenvalue weighted by Crippen LogP contribution is 2.24. The van der Waals surface area contributed by atoms with Gasteiger partial charge in [0.2, 0.25) is 0 Å². The minimum atomic E-state index is -0.0965. The van der Waals surface area contributed by atoms with Crippen LogP contribution in [0, 0.1) is 6.92 Å². The van der Waals surface area contributed by atoms with Gasteiger partial charge in [0.1, 0.15) is 11.9 Å². The van der Waals surface area contributed by atoms with Crippen LogP contribution >= 0.6 is 11.8 Å². The Morgan fingerprint density at radius 2 is 1.68 bits per heavy atom. The second-order valence-electron chi connectivity index (χ2n) is 4.43. The van der Waals surface area contributed by atoms with Gasteiger partial charge < -0.3 is 10.5 Å². The molecule has 0 heterocycles. The molecule has 1 atom stereocenters. The van der Waals surface area contributed by atoms with Gasteiger partial charge in [-0.25, -0.2) is 0 Å². The van der Waals surface area contributed by atoms with E-state index >= 15 is 0 Å². The van der Waals surface area contributed by atoms with Gasteiger partial charge in [-0.05, 0) is 43.0 Å². The number of thioether (sulfide) groups is 1. The van der Waals surface area contributed by atoms with E-state index in [9.17, 15) is 0 Å². The molecule has 0 radical (unpaired) electrons. The highest BCUT2D eigenvalue weighted by atomic mass is 32.2. The van der Waals surface area contributed by atoms with Crippen LogP contribution in [0.2, 0.25) is 0 Å². The molecule has 0 fully saturated rings. The first-order chi connectivity index (χ1) is 9.22. The van der Waals surface area contributed by atoms with Gasteiger partial charge in [0, 0.05) is 11.4 Å². The molecular weight excluding hydrogens is 254 g/mol. The van der Waals surface area contributed by atoms with E-state index in [0.29, 0.717) is 6.54 Å². The van der Waals surface area contributed by atoms with Crippen molar-refractivity contribution in [3.63, 3.8) is 0 Å². The SMILES string of the molecule is CSc1ccc(OC(CN)c2ccc(C)cc2)cc1. The Hall–Kier alpha value is -1.45. The van der Waals surface area contributed by atoms with Gasteiger partial charge in [-0.15, -0.1) is 11.8 Å². The molecule has 0 aliphatic heterocycles. The second kappa shape index (κ2) is 6.64. The van der Waals surface area contributed by atoms with Crippen molar-refractivity contribution in [2.45, 2.75) is 17.9 Å². The highest BCUT2D eigenvalue weighted by Gasteiger charge is 2.11. The number of hydrogen-bond acceptors (Lipinski definition) is 3. The van der Waals surface area contributed by atoms with Gasteiger partial charge in [-0.2, -0.15) is 0 Å². The van der Waals surface area contributed by atoms with Gasteiger partial charge in [-0.3, -0.25) is 0 Å². The maximum atomic E-state index is 5.95. The molecule has 0 amide bonds. The molecule has 0 saturated carbocycles. The van der Waals surface area contributed by atoms with Crippen molar-refractivity contribution in [3.8, 4) is 5.75 Å². The first-order valence-electron chi connectivity index (χ1n) is 6.30. The fraction of sp³-hybridized carbons (Fsp3) is 0.250. The van der Waals surface area contributed by atoms with E-state index in [0.717, 1.165) is 11.3 Å². The topological polar surface area (TPSA) is 35.2 Å². The summed E-state index contributed by atoms with van der Waals surface area (Å²) in [6, 6.07) is 16.4. The number of hydrogen-bond donors (Lipinski definition) is 1. The molecule has 2 aromatic rings. The summed E-state index contributed by atoms with van der Waals surface area (Å²) in [5, 5.41) is 0. The zero-order chi connectivity index (χ0) is 13.7. The third-order valence-corrected chi connectivity index (χ3v) is 3.74. The summed E-state index contributed by atoms with van der Waals surface area (Å²) >= 11 is 1.72. The van der Waals surface area contributed by atoms with Crippen LogP contribution in [0.4, 0.5) is 0 Å². The summed E-state index contributed by atoms with van der Waals surface area (Å²) < 4.78 is 5.95. The van der Waals surface area contributed by atoms with Gasteiger partial charge in [0.05, 0.1) is 0 Å². The summed E-state index contributed by atoms with van der Waals surface area (Å²) in [5.74, 6) is 0.855. The molecule has 19 heavy (non-hydrogen) atoms. The molecule has 0 spiro atoms. The third kappa shape index (κ3) is 3.75. The summed E-state index contributed by atoms with van der Waals surface area (Å²) in [4.78, 5) is 1.23. The fourth-order valence-electron chi connectivity index (χ4n) is 1.85. The summed E-state index contributed by atoms with van der Waals surface area (Å²) in [7, 11) is 0. The largest absolute Gasteiger partial charge is 0.484 e. The van der Waals surface area contributed by atoms with Crippen molar-refractivity contribution in [3.05, 3.63) is 59.7 Å². The molecule has 2 N–H and O–H groups in total. The Balaban J connectivity index is 2.11. The molecule has 100 valence electrons. The zero-order valence-corrected chi connectivity index (χ0v) is 12.1. The lowest BCUT2D eigenvalue weighted by molar-refractivity contribution is 0.214. The van der Waals surface area contributed by atoms with Crippen molar-refractivity contribution in [1.29, 1.82) is 0 Å². The Labute approximate surface area is 119 Å². The lowest BCUT2D eigenvalue weighted by atomic mass is 10.1. The Morgan fingerprint density at radius 3 is 2.21 bits per heavy atom. The first kappa shape index (κ1) is 14.0. The predicted molar refractivity (Wildman–Crippen MR) is 81.8 cm³/mol. The van der Waals surface area contributed by atoms with Gasteiger partial charge in [-0.1, -0.05) is 29.8 Å². The fourth-order valence-corrected chi connectivity index (χ4v) is 2.26. The number of nitrogens with two attached hydrogens (primary N) is 1. The molecular formula is C16H19NOS. The number of rotatable bonds is 5. The summed E-state index contributed by atoms with van der Waals surface area (Å²) in [5.41, 5.74) is 8.17.